The van der Waals surface area contributed by atoms with E-state index in [1.165, 1.54) is 12.5 Å². The summed E-state index contributed by atoms with van der Waals surface area (Å²) in [5, 5.41) is 10.5. The molecule has 2 nitrogen and oxygen atoms in total. The molecule has 0 bridgehead atoms. The Morgan fingerprint density at radius 2 is 2.00 bits per heavy atom. The third kappa shape index (κ3) is 4.15. The van der Waals surface area contributed by atoms with Crippen molar-refractivity contribution in [3.8, 4) is 0 Å². The van der Waals surface area contributed by atoms with Gasteiger partial charge in [-0.15, -0.1) is 0 Å². The van der Waals surface area contributed by atoms with E-state index in [0.717, 1.165) is 44.1 Å². The zero-order chi connectivity index (χ0) is 14.4. The van der Waals surface area contributed by atoms with Crippen LogP contribution in [-0.2, 0) is 6.42 Å². The Hall–Kier alpha value is -1.19. The Balaban J connectivity index is 2.00. The van der Waals surface area contributed by atoms with Crippen LogP contribution in [0.15, 0.2) is 24.3 Å². The van der Waals surface area contributed by atoms with Crippen molar-refractivity contribution in [2.45, 2.75) is 50.5 Å². The molecule has 0 spiro atoms. The molecule has 0 unspecified atom stereocenters. The average molecular weight is 277 g/mol. The number of benzene rings is 1. The minimum atomic E-state index is -0.514. The van der Waals surface area contributed by atoms with E-state index in [1.54, 1.807) is 18.2 Å². The van der Waals surface area contributed by atoms with Crippen LogP contribution in [0.5, 0.6) is 0 Å². The van der Waals surface area contributed by atoms with Gasteiger partial charge in [0, 0.05) is 12.1 Å². The number of aliphatic hydroxyl groups is 1. The summed E-state index contributed by atoms with van der Waals surface area (Å²) in [6.45, 7) is 0.406. The average Bonchev–Trinajstić information content (AvgIpc) is 2.46. The quantitative estimate of drug-likeness (QED) is 0.866. The summed E-state index contributed by atoms with van der Waals surface area (Å²) in [7, 11) is 0. The number of nitrogens with two attached hydrogens (primary N) is 1. The van der Waals surface area contributed by atoms with Crippen LogP contribution in [0.3, 0.4) is 0 Å². The standard InChI is InChI=1S/C17H24FNO/c18-16-7-6-14(13-15(16)5-4-12-19)8-11-17(20)9-2-1-3-10-17/h4-7,13,20H,1-3,8-12,19H2/b5-4+. The predicted molar refractivity (Wildman–Crippen MR) is 80.8 cm³/mol. The fraction of sp³-hybridized carbons (Fsp3) is 0.529. The van der Waals surface area contributed by atoms with Crippen molar-refractivity contribution in [2.24, 2.45) is 5.73 Å². The van der Waals surface area contributed by atoms with Gasteiger partial charge >= 0.3 is 0 Å². The first kappa shape index (κ1) is 15.2. The SMILES string of the molecule is NC/C=C/c1cc(CCC2(O)CCCCC2)ccc1F. The lowest BCUT2D eigenvalue weighted by molar-refractivity contribution is -0.00342. The van der Waals surface area contributed by atoms with Crippen LogP contribution in [0.2, 0.25) is 0 Å². The second-order valence-corrected chi connectivity index (χ2v) is 5.78. The van der Waals surface area contributed by atoms with Gasteiger partial charge in [-0.05, 0) is 43.4 Å². The van der Waals surface area contributed by atoms with E-state index < -0.39 is 5.60 Å². The van der Waals surface area contributed by atoms with Gasteiger partial charge < -0.3 is 10.8 Å². The Labute approximate surface area is 120 Å². The van der Waals surface area contributed by atoms with Gasteiger partial charge in [0.05, 0.1) is 5.60 Å². The van der Waals surface area contributed by atoms with Gasteiger partial charge in [-0.3, -0.25) is 0 Å². The monoisotopic (exact) mass is 277 g/mol. The van der Waals surface area contributed by atoms with E-state index in [9.17, 15) is 9.50 Å². The lowest BCUT2D eigenvalue weighted by atomic mass is 9.81. The summed E-state index contributed by atoms with van der Waals surface area (Å²) in [5.74, 6) is -0.227. The van der Waals surface area contributed by atoms with Gasteiger partial charge in [0.1, 0.15) is 5.82 Å². The number of halogens is 1. The molecule has 0 aromatic heterocycles. The van der Waals surface area contributed by atoms with Crippen LogP contribution in [0, 0.1) is 5.82 Å². The minimum Gasteiger partial charge on any atom is -0.390 e. The van der Waals surface area contributed by atoms with E-state index >= 15 is 0 Å². The summed E-state index contributed by atoms with van der Waals surface area (Å²) in [6, 6.07) is 5.16. The molecule has 1 fully saturated rings. The molecule has 2 rings (SSSR count). The van der Waals surface area contributed by atoms with Crippen LogP contribution < -0.4 is 5.73 Å². The summed E-state index contributed by atoms with van der Waals surface area (Å²) < 4.78 is 13.6. The lowest BCUT2D eigenvalue weighted by Gasteiger charge is -2.32. The van der Waals surface area contributed by atoms with Crippen LogP contribution in [0.4, 0.5) is 4.39 Å². The molecule has 0 amide bonds. The smallest absolute Gasteiger partial charge is 0.130 e. The highest BCUT2D eigenvalue weighted by Gasteiger charge is 2.28. The largest absolute Gasteiger partial charge is 0.390 e. The third-order valence-electron chi connectivity index (χ3n) is 4.16. The second kappa shape index (κ2) is 7.00. The molecule has 110 valence electrons. The van der Waals surface area contributed by atoms with E-state index in [2.05, 4.69) is 0 Å². The molecule has 20 heavy (non-hydrogen) atoms. The molecule has 1 aromatic rings. The normalized spacial score (nSPS) is 18.6. The Kier molecular flexibility index (Phi) is 5.32. The minimum absolute atomic E-state index is 0.227. The Morgan fingerprint density at radius 3 is 2.70 bits per heavy atom. The second-order valence-electron chi connectivity index (χ2n) is 5.78. The molecular weight excluding hydrogens is 253 g/mol. The van der Waals surface area contributed by atoms with Gasteiger partial charge in [-0.2, -0.15) is 0 Å². The highest BCUT2D eigenvalue weighted by Crippen LogP contribution is 2.32. The summed E-state index contributed by atoms with van der Waals surface area (Å²) in [5.41, 5.74) is 6.53. The molecule has 3 N–H and O–H groups in total. The summed E-state index contributed by atoms with van der Waals surface area (Å²) in [6.07, 6.45) is 10.3. The fourth-order valence-corrected chi connectivity index (χ4v) is 2.91. The maximum Gasteiger partial charge on any atom is 0.130 e. The zero-order valence-corrected chi connectivity index (χ0v) is 11.9. The topological polar surface area (TPSA) is 46.2 Å². The van der Waals surface area contributed by atoms with E-state index in [0.29, 0.717) is 12.1 Å². The van der Waals surface area contributed by atoms with Crippen molar-refractivity contribution in [1.82, 2.24) is 0 Å². The maximum absolute atomic E-state index is 13.6. The number of hydrogen-bond acceptors (Lipinski definition) is 2. The fourth-order valence-electron chi connectivity index (χ4n) is 2.91. The Morgan fingerprint density at radius 1 is 1.25 bits per heavy atom. The van der Waals surface area contributed by atoms with Crippen molar-refractivity contribution in [3.63, 3.8) is 0 Å². The first-order valence-corrected chi connectivity index (χ1v) is 7.50. The highest BCUT2D eigenvalue weighted by atomic mass is 19.1. The highest BCUT2D eigenvalue weighted by molar-refractivity contribution is 5.51. The number of aryl methyl sites for hydroxylation is 1. The van der Waals surface area contributed by atoms with Crippen LogP contribution in [0.1, 0.15) is 49.7 Å². The zero-order valence-electron chi connectivity index (χ0n) is 11.9. The molecular formula is C17H24FNO. The number of rotatable bonds is 5. The van der Waals surface area contributed by atoms with Gasteiger partial charge in [0.15, 0.2) is 0 Å². The lowest BCUT2D eigenvalue weighted by Crippen LogP contribution is -2.31. The third-order valence-corrected chi connectivity index (χ3v) is 4.16. The van der Waals surface area contributed by atoms with E-state index in [1.807, 2.05) is 6.07 Å². The predicted octanol–water partition coefficient (Wildman–Crippen LogP) is 3.43. The van der Waals surface area contributed by atoms with Crippen molar-refractivity contribution in [1.29, 1.82) is 0 Å². The molecule has 1 saturated carbocycles. The van der Waals surface area contributed by atoms with Gasteiger partial charge in [0.2, 0.25) is 0 Å². The molecule has 1 aliphatic rings. The van der Waals surface area contributed by atoms with Gasteiger partial charge in [-0.25, -0.2) is 4.39 Å². The van der Waals surface area contributed by atoms with Crippen LogP contribution in [-0.4, -0.2) is 17.3 Å². The Bertz CT molecular complexity index is 464. The molecule has 0 heterocycles. The molecule has 3 heteroatoms. The first-order chi connectivity index (χ1) is 9.63. The maximum atomic E-state index is 13.6. The summed E-state index contributed by atoms with van der Waals surface area (Å²) in [4.78, 5) is 0. The van der Waals surface area contributed by atoms with Crippen LogP contribution in [0.25, 0.3) is 6.08 Å². The summed E-state index contributed by atoms with van der Waals surface area (Å²) >= 11 is 0. The van der Waals surface area contributed by atoms with Gasteiger partial charge in [-0.1, -0.05) is 37.5 Å². The molecule has 1 aliphatic carbocycles. The van der Waals surface area contributed by atoms with Crippen molar-refractivity contribution in [3.05, 3.63) is 41.2 Å². The van der Waals surface area contributed by atoms with Crippen molar-refractivity contribution in [2.75, 3.05) is 6.54 Å². The number of hydrogen-bond donors (Lipinski definition) is 2. The van der Waals surface area contributed by atoms with E-state index in [4.69, 9.17) is 5.73 Å². The van der Waals surface area contributed by atoms with Crippen LogP contribution >= 0.6 is 0 Å². The first-order valence-electron chi connectivity index (χ1n) is 7.50. The molecule has 0 saturated heterocycles. The molecule has 1 aromatic carbocycles. The van der Waals surface area contributed by atoms with Crippen molar-refractivity contribution < 1.29 is 9.50 Å². The van der Waals surface area contributed by atoms with E-state index in [-0.39, 0.29) is 5.82 Å². The van der Waals surface area contributed by atoms with Gasteiger partial charge in [0.25, 0.3) is 0 Å². The molecule has 0 atom stereocenters. The van der Waals surface area contributed by atoms with Crippen molar-refractivity contribution >= 4 is 6.08 Å². The molecule has 0 radical (unpaired) electrons. The molecule has 0 aliphatic heterocycles.